The molecule has 0 aliphatic heterocycles. The van der Waals surface area contributed by atoms with E-state index in [0.29, 0.717) is 5.69 Å². The second kappa shape index (κ2) is 3.19. The third-order valence-corrected chi connectivity index (χ3v) is 1.51. The zero-order chi connectivity index (χ0) is 9.14. The lowest BCUT2D eigenvalue weighted by Crippen LogP contribution is -2.06. The van der Waals surface area contributed by atoms with E-state index in [1.54, 1.807) is 0 Å². The van der Waals surface area contributed by atoms with Gasteiger partial charge in [-0.25, -0.2) is 0 Å². The van der Waals surface area contributed by atoms with Crippen molar-refractivity contribution in [1.82, 2.24) is 4.98 Å². The third-order valence-electron chi connectivity index (χ3n) is 1.51. The van der Waals surface area contributed by atoms with Gasteiger partial charge in [0.1, 0.15) is 0 Å². The average molecular weight is 167 g/mol. The molecule has 0 spiro atoms. The molecule has 5 heteroatoms. The van der Waals surface area contributed by atoms with Crippen molar-refractivity contribution in [3.05, 3.63) is 40.7 Å². The first-order chi connectivity index (χ1) is 5.65. The highest BCUT2D eigenvalue weighted by atomic mass is 16.6. The van der Waals surface area contributed by atoms with Crippen LogP contribution in [0.25, 0.3) is 0 Å². The zero-order valence-electron chi connectivity index (χ0n) is 6.36. The van der Waals surface area contributed by atoms with E-state index >= 15 is 0 Å². The van der Waals surface area contributed by atoms with Crippen molar-refractivity contribution in [3.63, 3.8) is 0 Å². The number of hydrogen-bond donors (Lipinski definition) is 2. The summed E-state index contributed by atoms with van der Waals surface area (Å²) in [5.74, 6) is 0. The maximum atomic E-state index is 10.2. The second-order valence-corrected chi connectivity index (χ2v) is 2.33. The standard InChI is InChI=1S/C7H9N3O2/c1-2-6(8)7-3-5(4-9-7)10(11)12/h2-4,6,9H,1,8H2. The van der Waals surface area contributed by atoms with Crippen LogP contribution in [0, 0.1) is 10.1 Å². The van der Waals surface area contributed by atoms with E-state index in [-0.39, 0.29) is 11.7 Å². The molecule has 1 atom stereocenters. The van der Waals surface area contributed by atoms with Crippen LogP contribution < -0.4 is 5.73 Å². The van der Waals surface area contributed by atoms with Gasteiger partial charge < -0.3 is 10.7 Å². The van der Waals surface area contributed by atoms with Crippen LogP contribution in [0.3, 0.4) is 0 Å². The minimum Gasteiger partial charge on any atom is -0.358 e. The summed E-state index contributed by atoms with van der Waals surface area (Å²) >= 11 is 0. The van der Waals surface area contributed by atoms with Crippen LogP contribution in [-0.2, 0) is 0 Å². The molecule has 0 aliphatic rings. The van der Waals surface area contributed by atoms with Gasteiger partial charge in [0, 0.05) is 11.8 Å². The van der Waals surface area contributed by atoms with E-state index in [2.05, 4.69) is 11.6 Å². The van der Waals surface area contributed by atoms with Crippen LogP contribution in [0.5, 0.6) is 0 Å². The maximum Gasteiger partial charge on any atom is 0.287 e. The van der Waals surface area contributed by atoms with Crippen molar-refractivity contribution < 1.29 is 4.92 Å². The summed E-state index contributed by atoms with van der Waals surface area (Å²) in [7, 11) is 0. The van der Waals surface area contributed by atoms with Gasteiger partial charge in [-0.1, -0.05) is 6.08 Å². The molecule has 64 valence electrons. The Hall–Kier alpha value is -1.62. The van der Waals surface area contributed by atoms with Gasteiger partial charge in [-0.15, -0.1) is 6.58 Å². The summed E-state index contributed by atoms with van der Waals surface area (Å²) in [5.41, 5.74) is 6.15. The predicted molar refractivity (Wildman–Crippen MR) is 44.6 cm³/mol. The van der Waals surface area contributed by atoms with Crippen LogP contribution >= 0.6 is 0 Å². The molecule has 1 rings (SSSR count). The Morgan fingerprint density at radius 3 is 2.92 bits per heavy atom. The number of hydrogen-bond acceptors (Lipinski definition) is 3. The molecule has 1 unspecified atom stereocenters. The highest BCUT2D eigenvalue weighted by molar-refractivity contribution is 5.32. The first-order valence-corrected chi connectivity index (χ1v) is 3.36. The van der Waals surface area contributed by atoms with E-state index in [4.69, 9.17) is 5.73 Å². The minimum atomic E-state index is -0.476. The van der Waals surface area contributed by atoms with E-state index in [1.165, 1.54) is 18.3 Å². The number of aromatic nitrogens is 1. The number of aromatic amines is 1. The Morgan fingerprint density at radius 1 is 1.83 bits per heavy atom. The van der Waals surface area contributed by atoms with Gasteiger partial charge in [-0.3, -0.25) is 10.1 Å². The fraction of sp³-hybridized carbons (Fsp3) is 0.143. The molecule has 1 aromatic rings. The van der Waals surface area contributed by atoms with Crippen LogP contribution in [0.4, 0.5) is 5.69 Å². The molecule has 0 bridgehead atoms. The van der Waals surface area contributed by atoms with Crippen molar-refractivity contribution in [2.24, 2.45) is 5.73 Å². The van der Waals surface area contributed by atoms with Crippen molar-refractivity contribution >= 4 is 5.69 Å². The van der Waals surface area contributed by atoms with Gasteiger partial charge in [-0.2, -0.15) is 0 Å². The van der Waals surface area contributed by atoms with E-state index in [0.717, 1.165) is 0 Å². The molecule has 1 aromatic heterocycles. The van der Waals surface area contributed by atoms with Crippen LogP contribution in [0.15, 0.2) is 24.9 Å². The van der Waals surface area contributed by atoms with E-state index < -0.39 is 4.92 Å². The number of nitrogens with one attached hydrogen (secondary N) is 1. The number of nitrogens with zero attached hydrogens (tertiary/aromatic N) is 1. The summed E-state index contributed by atoms with van der Waals surface area (Å²) in [6.45, 7) is 3.48. The fourth-order valence-electron chi connectivity index (χ4n) is 0.825. The smallest absolute Gasteiger partial charge is 0.287 e. The molecule has 0 radical (unpaired) electrons. The Labute approximate surface area is 69.0 Å². The Morgan fingerprint density at radius 2 is 2.50 bits per heavy atom. The normalized spacial score (nSPS) is 12.4. The first-order valence-electron chi connectivity index (χ1n) is 3.36. The lowest BCUT2D eigenvalue weighted by Gasteiger charge is -1.99. The Kier molecular flexibility index (Phi) is 2.25. The molecule has 0 aromatic carbocycles. The zero-order valence-corrected chi connectivity index (χ0v) is 6.36. The fourth-order valence-corrected chi connectivity index (χ4v) is 0.825. The first kappa shape index (κ1) is 8.48. The van der Waals surface area contributed by atoms with Crippen molar-refractivity contribution in [2.45, 2.75) is 6.04 Å². The van der Waals surface area contributed by atoms with Gasteiger partial charge in [0.15, 0.2) is 0 Å². The molecule has 0 saturated carbocycles. The summed E-state index contributed by atoms with van der Waals surface area (Å²) < 4.78 is 0. The molecular formula is C7H9N3O2. The Bertz CT molecular complexity index is 305. The molecular weight excluding hydrogens is 158 g/mol. The van der Waals surface area contributed by atoms with Crippen molar-refractivity contribution in [2.75, 3.05) is 0 Å². The quantitative estimate of drug-likeness (QED) is 0.401. The topological polar surface area (TPSA) is 84.9 Å². The van der Waals surface area contributed by atoms with Crippen molar-refractivity contribution in [1.29, 1.82) is 0 Å². The van der Waals surface area contributed by atoms with Gasteiger partial charge in [-0.05, 0) is 0 Å². The molecule has 12 heavy (non-hydrogen) atoms. The van der Waals surface area contributed by atoms with Crippen LogP contribution in [0.1, 0.15) is 11.7 Å². The highest BCUT2D eigenvalue weighted by Gasteiger charge is 2.11. The summed E-state index contributed by atoms with van der Waals surface area (Å²) in [5, 5.41) is 10.2. The number of rotatable bonds is 3. The summed E-state index contributed by atoms with van der Waals surface area (Å²) in [6, 6.07) is 1.02. The minimum absolute atomic E-state index is 0.0160. The SMILES string of the molecule is C=CC(N)c1cc([N+](=O)[O-])c[nH]1. The van der Waals surface area contributed by atoms with Gasteiger partial charge in [0.05, 0.1) is 17.2 Å². The van der Waals surface area contributed by atoms with Gasteiger partial charge in [0.2, 0.25) is 0 Å². The molecule has 5 nitrogen and oxygen atoms in total. The van der Waals surface area contributed by atoms with E-state index in [9.17, 15) is 10.1 Å². The predicted octanol–water partition coefficient (Wildman–Crippen LogP) is 1.11. The second-order valence-electron chi connectivity index (χ2n) is 2.33. The maximum absolute atomic E-state index is 10.2. The van der Waals surface area contributed by atoms with E-state index in [1.807, 2.05) is 0 Å². The largest absolute Gasteiger partial charge is 0.358 e. The molecule has 0 amide bonds. The van der Waals surface area contributed by atoms with Crippen molar-refractivity contribution in [3.8, 4) is 0 Å². The number of H-pyrrole nitrogens is 1. The lowest BCUT2D eigenvalue weighted by molar-refractivity contribution is -0.384. The number of nitro groups is 1. The highest BCUT2D eigenvalue weighted by Crippen LogP contribution is 2.16. The average Bonchev–Trinajstić information content (AvgIpc) is 2.51. The van der Waals surface area contributed by atoms with Gasteiger partial charge >= 0.3 is 0 Å². The molecule has 3 N–H and O–H groups in total. The lowest BCUT2D eigenvalue weighted by atomic mass is 10.2. The molecule has 1 heterocycles. The molecule has 0 saturated heterocycles. The monoisotopic (exact) mass is 167 g/mol. The summed E-state index contributed by atoms with van der Waals surface area (Å²) in [4.78, 5) is 12.5. The van der Waals surface area contributed by atoms with Crippen LogP contribution in [0.2, 0.25) is 0 Å². The number of nitrogens with two attached hydrogens (primary N) is 1. The van der Waals surface area contributed by atoms with Crippen LogP contribution in [-0.4, -0.2) is 9.91 Å². The summed E-state index contributed by atoms with van der Waals surface area (Å²) in [6.07, 6.45) is 2.81. The van der Waals surface area contributed by atoms with Gasteiger partial charge in [0.25, 0.3) is 5.69 Å². The molecule has 0 fully saturated rings. The Balaban J connectivity index is 2.91. The molecule has 0 aliphatic carbocycles. The third kappa shape index (κ3) is 1.51.